The lowest BCUT2D eigenvalue weighted by Crippen LogP contribution is -2.23. The van der Waals surface area contributed by atoms with Gasteiger partial charge >= 0.3 is 0 Å². The lowest BCUT2D eigenvalue weighted by molar-refractivity contribution is -0.121. The molecule has 2 N–H and O–H groups in total. The summed E-state index contributed by atoms with van der Waals surface area (Å²) in [6, 6.07) is 9.36. The van der Waals surface area contributed by atoms with Gasteiger partial charge in [-0.25, -0.2) is 8.78 Å². The molecule has 0 saturated heterocycles. The van der Waals surface area contributed by atoms with E-state index in [0.717, 1.165) is 30.8 Å². The van der Waals surface area contributed by atoms with E-state index in [1.165, 1.54) is 17.2 Å². The minimum atomic E-state index is -0.740. The van der Waals surface area contributed by atoms with Crippen LogP contribution in [0.3, 0.4) is 0 Å². The first-order valence-electron chi connectivity index (χ1n) is 8.28. The van der Waals surface area contributed by atoms with Gasteiger partial charge < -0.3 is 15.4 Å². The van der Waals surface area contributed by atoms with Crippen molar-refractivity contribution in [3.63, 3.8) is 0 Å². The average molecular weight is 346 g/mol. The summed E-state index contributed by atoms with van der Waals surface area (Å²) in [6.07, 6.45) is 0.742. The van der Waals surface area contributed by atoms with E-state index in [0.29, 0.717) is 13.0 Å². The number of benzene rings is 2. The van der Waals surface area contributed by atoms with Gasteiger partial charge in [-0.3, -0.25) is 4.79 Å². The van der Waals surface area contributed by atoms with Gasteiger partial charge in [0.2, 0.25) is 5.91 Å². The van der Waals surface area contributed by atoms with Crippen LogP contribution in [-0.2, 0) is 24.4 Å². The van der Waals surface area contributed by atoms with Crippen molar-refractivity contribution < 1.29 is 18.3 Å². The molecule has 1 heterocycles. The number of hydrogen-bond acceptors (Lipinski definition) is 3. The molecule has 0 unspecified atom stereocenters. The third-order valence-corrected chi connectivity index (χ3v) is 4.09. The van der Waals surface area contributed by atoms with Gasteiger partial charge in [-0.05, 0) is 35.2 Å². The number of hydrogen-bond donors (Lipinski definition) is 2. The van der Waals surface area contributed by atoms with Crippen molar-refractivity contribution in [2.75, 3.05) is 6.61 Å². The molecule has 0 aromatic heterocycles. The second-order valence-electron chi connectivity index (χ2n) is 6.01. The zero-order valence-electron chi connectivity index (χ0n) is 13.8. The first kappa shape index (κ1) is 17.4. The molecule has 0 fully saturated rings. The molecule has 0 radical (unpaired) electrons. The number of amides is 1. The Hall–Kier alpha value is -2.47. The molecule has 25 heavy (non-hydrogen) atoms. The smallest absolute Gasteiger partial charge is 0.220 e. The van der Waals surface area contributed by atoms with E-state index in [1.54, 1.807) is 0 Å². The topological polar surface area (TPSA) is 50.4 Å². The molecule has 1 amide bonds. The fourth-order valence-corrected chi connectivity index (χ4v) is 2.75. The van der Waals surface area contributed by atoms with E-state index in [1.807, 2.05) is 6.07 Å². The predicted molar refractivity (Wildman–Crippen MR) is 89.9 cm³/mol. The Morgan fingerprint density at radius 3 is 2.80 bits per heavy atom. The van der Waals surface area contributed by atoms with Gasteiger partial charge in [0.05, 0.1) is 6.61 Å². The SMILES string of the molecule is O=C(CCCOc1ccc(F)cc1F)NCc1ccc2c(c1)CNC2. The van der Waals surface area contributed by atoms with Crippen molar-refractivity contribution in [1.82, 2.24) is 10.6 Å². The van der Waals surface area contributed by atoms with Crippen LogP contribution in [0.15, 0.2) is 36.4 Å². The third-order valence-electron chi connectivity index (χ3n) is 4.09. The lowest BCUT2D eigenvalue weighted by atomic mass is 10.1. The highest BCUT2D eigenvalue weighted by Crippen LogP contribution is 2.18. The molecule has 2 aromatic carbocycles. The van der Waals surface area contributed by atoms with E-state index in [4.69, 9.17) is 4.74 Å². The van der Waals surface area contributed by atoms with Crippen LogP contribution >= 0.6 is 0 Å². The molecule has 1 aliphatic heterocycles. The summed E-state index contributed by atoms with van der Waals surface area (Å²) in [4.78, 5) is 11.9. The van der Waals surface area contributed by atoms with E-state index >= 15 is 0 Å². The standard InChI is InChI=1S/C19H20F2N2O2/c20-16-5-6-18(17(21)9-16)25-7-1-2-19(24)23-10-13-3-4-14-11-22-12-15(14)8-13/h3-6,8-9,22H,1-2,7,10-12H2,(H,23,24). The minimum absolute atomic E-state index is 0.00596. The molecule has 0 saturated carbocycles. The number of carbonyl (C=O) groups excluding carboxylic acids is 1. The first-order valence-corrected chi connectivity index (χ1v) is 8.28. The minimum Gasteiger partial charge on any atom is -0.491 e. The van der Waals surface area contributed by atoms with Crippen molar-refractivity contribution >= 4 is 5.91 Å². The third kappa shape index (κ3) is 4.76. The van der Waals surface area contributed by atoms with Gasteiger partial charge in [-0.2, -0.15) is 0 Å². The second-order valence-corrected chi connectivity index (χ2v) is 6.01. The normalized spacial score (nSPS) is 12.7. The summed E-state index contributed by atoms with van der Waals surface area (Å²) < 4.78 is 31.4. The number of ether oxygens (including phenoxy) is 1. The van der Waals surface area contributed by atoms with Crippen LogP contribution in [0.1, 0.15) is 29.5 Å². The molecule has 4 nitrogen and oxygen atoms in total. The molecule has 132 valence electrons. The number of nitrogens with one attached hydrogen (secondary N) is 2. The molecule has 0 atom stereocenters. The highest BCUT2D eigenvalue weighted by Gasteiger charge is 2.10. The van der Waals surface area contributed by atoms with Crippen molar-refractivity contribution in [3.8, 4) is 5.75 Å². The Morgan fingerprint density at radius 2 is 1.96 bits per heavy atom. The van der Waals surface area contributed by atoms with Crippen LogP contribution in [0.4, 0.5) is 8.78 Å². The van der Waals surface area contributed by atoms with Gasteiger partial charge in [0.25, 0.3) is 0 Å². The molecule has 2 aromatic rings. The Bertz CT molecular complexity index is 765. The molecule has 0 aliphatic carbocycles. The van der Waals surface area contributed by atoms with Gasteiger partial charge in [-0.15, -0.1) is 0 Å². The molecular formula is C19H20F2N2O2. The van der Waals surface area contributed by atoms with Crippen molar-refractivity contribution in [2.24, 2.45) is 0 Å². The molecule has 0 bridgehead atoms. The molecular weight excluding hydrogens is 326 g/mol. The molecule has 6 heteroatoms. The maximum atomic E-state index is 13.4. The van der Waals surface area contributed by atoms with E-state index < -0.39 is 11.6 Å². The Labute approximate surface area is 145 Å². The fraction of sp³-hybridized carbons (Fsp3) is 0.316. The number of halogens is 2. The lowest BCUT2D eigenvalue weighted by Gasteiger charge is -2.09. The summed E-state index contributed by atoms with van der Waals surface area (Å²) in [5, 5.41) is 6.15. The largest absolute Gasteiger partial charge is 0.491 e. The van der Waals surface area contributed by atoms with Gasteiger partial charge in [0.15, 0.2) is 11.6 Å². The summed E-state index contributed by atoms with van der Waals surface area (Å²) in [5.74, 6) is -1.47. The Balaban J connectivity index is 1.37. The van der Waals surface area contributed by atoms with Crippen LogP contribution in [0, 0.1) is 11.6 Å². The maximum absolute atomic E-state index is 13.4. The summed E-state index contributed by atoms with van der Waals surface area (Å²) in [5.41, 5.74) is 3.65. The quantitative estimate of drug-likeness (QED) is 0.758. The van der Waals surface area contributed by atoms with Gasteiger partial charge in [0, 0.05) is 32.1 Å². The van der Waals surface area contributed by atoms with E-state index in [9.17, 15) is 13.6 Å². The van der Waals surface area contributed by atoms with Crippen LogP contribution < -0.4 is 15.4 Å². The predicted octanol–water partition coefficient (Wildman–Crippen LogP) is 3.04. The molecule has 1 aliphatic rings. The first-order chi connectivity index (χ1) is 12.1. The molecule has 3 rings (SSSR count). The Kier molecular flexibility index (Phi) is 5.60. The van der Waals surface area contributed by atoms with Crippen LogP contribution in [-0.4, -0.2) is 12.5 Å². The number of carbonyl (C=O) groups is 1. The number of rotatable bonds is 7. The highest BCUT2D eigenvalue weighted by molar-refractivity contribution is 5.75. The average Bonchev–Trinajstić information content (AvgIpc) is 3.06. The van der Waals surface area contributed by atoms with Gasteiger partial charge in [-0.1, -0.05) is 18.2 Å². The fourth-order valence-electron chi connectivity index (χ4n) is 2.75. The second kappa shape index (κ2) is 8.07. The van der Waals surface area contributed by atoms with Crippen molar-refractivity contribution in [3.05, 3.63) is 64.7 Å². The number of fused-ring (bicyclic) bond motifs is 1. The van der Waals surface area contributed by atoms with Crippen molar-refractivity contribution in [2.45, 2.75) is 32.5 Å². The summed E-state index contributed by atoms with van der Waals surface area (Å²) in [7, 11) is 0. The molecule has 0 spiro atoms. The summed E-state index contributed by atoms with van der Waals surface area (Å²) >= 11 is 0. The summed E-state index contributed by atoms with van der Waals surface area (Å²) in [6.45, 7) is 2.45. The highest BCUT2D eigenvalue weighted by atomic mass is 19.1. The van der Waals surface area contributed by atoms with Crippen LogP contribution in [0.2, 0.25) is 0 Å². The maximum Gasteiger partial charge on any atom is 0.220 e. The Morgan fingerprint density at radius 1 is 1.12 bits per heavy atom. The zero-order chi connectivity index (χ0) is 17.6. The van der Waals surface area contributed by atoms with E-state index in [2.05, 4.69) is 22.8 Å². The van der Waals surface area contributed by atoms with Crippen LogP contribution in [0.25, 0.3) is 0 Å². The van der Waals surface area contributed by atoms with Crippen LogP contribution in [0.5, 0.6) is 5.75 Å². The van der Waals surface area contributed by atoms with Crippen molar-refractivity contribution in [1.29, 1.82) is 0 Å². The van der Waals surface area contributed by atoms with E-state index in [-0.39, 0.29) is 24.7 Å². The monoisotopic (exact) mass is 346 g/mol. The zero-order valence-corrected chi connectivity index (χ0v) is 13.8. The van der Waals surface area contributed by atoms with Gasteiger partial charge in [0.1, 0.15) is 5.82 Å².